The first-order chi connectivity index (χ1) is 6.26. The Morgan fingerprint density at radius 3 is 2.36 bits per heavy atom. The van der Waals surface area contributed by atoms with Gasteiger partial charge in [-0.25, -0.2) is 4.79 Å². The first-order valence-electron chi connectivity index (χ1n) is 4.48. The molecule has 82 valence electrons. The largest absolute Gasteiger partial charge is 0.500 e. The van der Waals surface area contributed by atoms with Gasteiger partial charge < -0.3 is 15.2 Å². The fraction of sp³-hybridized carbons (Fsp3) is 0.778. The number of aliphatic hydroxyl groups excluding tert-OH is 1. The third-order valence-electron chi connectivity index (χ3n) is 1.40. The molecule has 0 unspecified atom stereocenters. The SMILES string of the molecule is CC[C@@H](NC(=O)OC(C)(C)C)C(O)=S. The maximum Gasteiger partial charge on any atom is 0.408 e. The second-order valence-electron chi connectivity index (χ2n) is 3.95. The molecule has 14 heavy (non-hydrogen) atoms. The molecular weight excluding hydrogens is 202 g/mol. The van der Waals surface area contributed by atoms with E-state index in [2.05, 4.69) is 17.5 Å². The summed E-state index contributed by atoms with van der Waals surface area (Å²) in [7, 11) is 0. The van der Waals surface area contributed by atoms with E-state index in [4.69, 9.17) is 9.84 Å². The van der Waals surface area contributed by atoms with E-state index < -0.39 is 17.7 Å². The lowest BCUT2D eigenvalue weighted by Crippen LogP contribution is -2.42. The summed E-state index contributed by atoms with van der Waals surface area (Å²) in [6.07, 6.45) is -0.0325. The third-order valence-corrected chi connectivity index (χ3v) is 1.68. The van der Waals surface area contributed by atoms with Crippen LogP contribution in [-0.2, 0) is 4.74 Å². The van der Waals surface area contributed by atoms with Crippen molar-refractivity contribution in [3.63, 3.8) is 0 Å². The lowest BCUT2D eigenvalue weighted by molar-refractivity contribution is 0.0514. The standard InChI is InChI=1S/C9H17NO3S/c1-5-6(7(11)14)10-8(12)13-9(2,3)4/h6H,5H2,1-4H3,(H,10,12)(H,11,14)/t6-/m1/s1. The van der Waals surface area contributed by atoms with Crippen LogP contribution < -0.4 is 5.32 Å². The van der Waals surface area contributed by atoms with Crippen LogP contribution in [0.5, 0.6) is 0 Å². The van der Waals surface area contributed by atoms with Gasteiger partial charge in [0.15, 0.2) is 5.05 Å². The van der Waals surface area contributed by atoms with Gasteiger partial charge in [0.1, 0.15) is 11.6 Å². The maximum absolute atomic E-state index is 11.2. The number of nitrogens with one attached hydrogen (secondary N) is 1. The van der Waals surface area contributed by atoms with Crippen LogP contribution in [0.1, 0.15) is 34.1 Å². The molecule has 0 saturated carbocycles. The lowest BCUT2D eigenvalue weighted by Gasteiger charge is -2.22. The van der Waals surface area contributed by atoms with Crippen molar-refractivity contribution < 1.29 is 14.6 Å². The average molecular weight is 219 g/mol. The number of carbonyl (C=O) groups is 1. The Kier molecular flexibility index (Phi) is 4.83. The van der Waals surface area contributed by atoms with Gasteiger partial charge in [-0.15, -0.1) is 0 Å². The molecule has 1 amide bonds. The predicted octanol–water partition coefficient (Wildman–Crippen LogP) is 2.18. The van der Waals surface area contributed by atoms with Crippen LogP contribution in [0, 0.1) is 0 Å². The van der Waals surface area contributed by atoms with Crippen molar-refractivity contribution in [1.82, 2.24) is 5.32 Å². The van der Waals surface area contributed by atoms with Crippen LogP contribution in [0.3, 0.4) is 0 Å². The number of alkyl carbamates (subject to hydrolysis) is 1. The summed E-state index contributed by atoms with van der Waals surface area (Å²) in [5.41, 5.74) is -0.542. The fourth-order valence-corrected chi connectivity index (χ4v) is 1.01. The first kappa shape index (κ1) is 13.2. The van der Waals surface area contributed by atoms with Gasteiger partial charge in [-0.05, 0) is 39.4 Å². The Balaban J connectivity index is 4.11. The minimum atomic E-state index is -0.569. The Morgan fingerprint density at radius 1 is 1.57 bits per heavy atom. The van der Waals surface area contributed by atoms with Gasteiger partial charge in [-0.1, -0.05) is 6.92 Å². The zero-order chi connectivity index (χ0) is 11.4. The minimum absolute atomic E-state index is 0.224. The van der Waals surface area contributed by atoms with Gasteiger partial charge >= 0.3 is 6.09 Å². The molecular formula is C9H17NO3S. The number of thiocarbonyl (C=S) groups is 1. The summed E-state index contributed by atoms with van der Waals surface area (Å²) in [5.74, 6) is 0. The molecule has 0 saturated heterocycles. The number of ether oxygens (including phenoxy) is 1. The summed E-state index contributed by atoms with van der Waals surface area (Å²) in [6, 6.07) is -0.514. The number of hydrogen-bond donors (Lipinski definition) is 2. The molecule has 1 atom stereocenters. The second-order valence-corrected chi connectivity index (χ2v) is 4.36. The first-order valence-corrected chi connectivity index (χ1v) is 4.89. The molecule has 0 spiro atoms. The summed E-state index contributed by atoms with van der Waals surface area (Å²) < 4.78 is 5.00. The molecule has 0 fully saturated rings. The second kappa shape index (κ2) is 5.14. The number of hydrogen-bond acceptors (Lipinski definition) is 3. The van der Waals surface area contributed by atoms with Gasteiger partial charge in [0.2, 0.25) is 0 Å². The Bertz CT molecular complexity index is 223. The predicted molar refractivity (Wildman–Crippen MR) is 58.7 cm³/mol. The van der Waals surface area contributed by atoms with Crippen LogP contribution in [-0.4, -0.2) is 27.9 Å². The fourth-order valence-electron chi connectivity index (χ4n) is 0.788. The summed E-state index contributed by atoms with van der Waals surface area (Å²) >= 11 is 4.56. The van der Waals surface area contributed by atoms with Gasteiger partial charge in [-0.2, -0.15) is 0 Å². The molecule has 0 bridgehead atoms. The van der Waals surface area contributed by atoms with E-state index in [0.717, 1.165) is 0 Å². The molecule has 0 aromatic carbocycles. The molecule has 0 heterocycles. The van der Waals surface area contributed by atoms with E-state index in [1.165, 1.54) is 0 Å². The van der Waals surface area contributed by atoms with Gasteiger partial charge in [0.25, 0.3) is 0 Å². The maximum atomic E-state index is 11.2. The quantitative estimate of drug-likeness (QED) is 0.714. The minimum Gasteiger partial charge on any atom is -0.500 e. The Labute approximate surface area is 89.6 Å². The highest BCUT2D eigenvalue weighted by molar-refractivity contribution is 7.80. The monoisotopic (exact) mass is 219 g/mol. The molecule has 2 N–H and O–H groups in total. The highest BCUT2D eigenvalue weighted by atomic mass is 32.1. The van der Waals surface area contributed by atoms with E-state index in [0.29, 0.717) is 6.42 Å². The zero-order valence-electron chi connectivity index (χ0n) is 8.96. The van der Waals surface area contributed by atoms with E-state index in [1.807, 2.05) is 6.92 Å². The molecule has 4 nitrogen and oxygen atoms in total. The molecule has 0 rings (SSSR count). The molecule has 5 heteroatoms. The number of carbonyl (C=O) groups excluding carboxylic acids is 1. The van der Waals surface area contributed by atoms with E-state index >= 15 is 0 Å². The van der Waals surface area contributed by atoms with Crippen LogP contribution >= 0.6 is 12.2 Å². The Hall–Kier alpha value is -0.840. The molecule has 0 aromatic rings. The molecule has 0 aliphatic heterocycles. The van der Waals surface area contributed by atoms with Crippen molar-refractivity contribution in [2.45, 2.75) is 45.8 Å². The van der Waals surface area contributed by atoms with Gasteiger partial charge in [0, 0.05) is 0 Å². The highest BCUT2D eigenvalue weighted by Crippen LogP contribution is 2.07. The lowest BCUT2D eigenvalue weighted by atomic mass is 10.2. The third kappa shape index (κ3) is 5.75. The highest BCUT2D eigenvalue weighted by Gasteiger charge is 2.20. The summed E-state index contributed by atoms with van der Waals surface area (Å²) in [6.45, 7) is 7.12. The van der Waals surface area contributed by atoms with Crippen molar-refractivity contribution in [2.75, 3.05) is 0 Å². The smallest absolute Gasteiger partial charge is 0.408 e. The Morgan fingerprint density at radius 2 is 2.07 bits per heavy atom. The molecule has 0 aromatic heterocycles. The number of aliphatic hydroxyl groups is 1. The van der Waals surface area contributed by atoms with Gasteiger partial charge in [0.05, 0.1) is 0 Å². The molecule has 0 radical (unpaired) electrons. The summed E-state index contributed by atoms with van der Waals surface area (Å²) in [5, 5.41) is 11.3. The average Bonchev–Trinajstić information content (AvgIpc) is 1.96. The number of amides is 1. The van der Waals surface area contributed by atoms with Crippen molar-refractivity contribution in [3.8, 4) is 0 Å². The van der Waals surface area contributed by atoms with Crippen LogP contribution in [0.15, 0.2) is 0 Å². The van der Waals surface area contributed by atoms with Crippen molar-refractivity contribution >= 4 is 23.4 Å². The van der Waals surface area contributed by atoms with Crippen LogP contribution in [0.4, 0.5) is 4.79 Å². The summed E-state index contributed by atoms with van der Waals surface area (Å²) in [4.78, 5) is 11.2. The van der Waals surface area contributed by atoms with Gasteiger partial charge in [-0.3, -0.25) is 0 Å². The number of rotatable bonds is 3. The van der Waals surface area contributed by atoms with E-state index in [1.54, 1.807) is 20.8 Å². The normalized spacial score (nSPS) is 13.1. The van der Waals surface area contributed by atoms with Crippen molar-refractivity contribution in [2.24, 2.45) is 0 Å². The topological polar surface area (TPSA) is 58.6 Å². The van der Waals surface area contributed by atoms with Crippen molar-refractivity contribution in [3.05, 3.63) is 0 Å². The molecule has 0 aliphatic carbocycles. The van der Waals surface area contributed by atoms with E-state index in [-0.39, 0.29) is 5.05 Å². The zero-order valence-corrected chi connectivity index (χ0v) is 9.77. The van der Waals surface area contributed by atoms with Crippen LogP contribution in [0.2, 0.25) is 0 Å². The molecule has 0 aliphatic rings. The van der Waals surface area contributed by atoms with Crippen LogP contribution in [0.25, 0.3) is 0 Å². The van der Waals surface area contributed by atoms with Crippen molar-refractivity contribution in [1.29, 1.82) is 0 Å². The van der Waals surface area contributed by atoms with E-state index in [9.17, 15) is 4.79 Å².